The zero-order valence-corrected chi connectivity index (χ0v) is 13.6. The summed E-state index contributed by atoms with van der Waals surface area (Å²) < 4.78 is 1.52. The molecule has 1 aromatic heterocycles. The van der Waals surface area contributed by atoms with Crippen LogP contribution >= 0.6 is 11.6 Å². The largest absolute Gasteiger partial charge is 0.338 e. The summed E-state index contributed by atoms with van der Waals surface area (Å²) in [6.07, 6.45) is 3.83. The first-order valence-corrected chi connectivity index (χ1v) is 7.96. The van der Waals surface area contributed by atoms with Gasteiger partial charge < -0.3 is 4.90 Å². The Morgan fingerprint density at radius 1 is 1.32 bits per heavy atom. The van der Waals surface area contributed by atoms with Crippen molar-refractivity contribution in [2.45, 2.75) is 26.7 Å². The highest BCUT2D eigenvalue weighted by Gasteiger charge is 2.25. The van der Waals surface area contributed by atoms with Gasteiger partial charge >= 0.3 is 0 Å². The normalized spacial score (nSPS) is 18.7. The molecule has 0 radical (unpaired) electrons. The van der Waals surface area contributed by atoms with Crippen LogP contribution in [0.5, 0.6) is 0 Å². The van der Waals surface area contributed by atoms with Crippen molar-refractivity contribution in [1.82, 2.24) is 9.47 Å². The Balaban J connectivity index is 2.07. The van der Waals surface area contributed by atoms with Gasteiger partial charge in [0.05, 0.1) is 11.1 Å². The Morgan fingerprint density at radius 3 is 2.77 bits per heavy atom. The van der Waals surface area contributed by atoms with Crippen molar-refractivity contribution in [2.24, 2.45) is 5.92 Å². The number of carbonyl (C=O) groups excluding carboxylic acids is 2. The third-order valence-electron chi connectivity index (χ3n) is 4.28. The van der Waals surface area contributed by atoms with Gasteiger partial charge in [0.1, 0.15) is 0 Å². The van der Waals surface area contributed by atoms with Crippen molar-refractivity contribution < 1.29 is 9.59 Å². The fraction of sp³-hybridized carbons (Fsp3) is 0.412. The summed E-state index contributed by atoms with van der Waals surface area (Å²) >= 11 is 6.07. The molecular formula is C17H19ClN2O2. The zero-order valence-electron chi connectivity index (χ0n) is 12.8. The minimum Gasteiger partial charge on any atom is -0.338 e. The highest BCUT2D eigenvalue weighted by Crippen LogP contribution is 2.27. The van der Waals surface area contributed by atoms with Crippen LogP contribution in [0.1, 0.15) is 41.8 Å². The maximum absolute atomic E-state index is 12.9. The second-order valence-corrected chi connectivity index (χ2v) is 6.53. The number of carbonyl (C=O) groups is 2. The summed E-state index contributed by atoms with van der Waals surface area (Å²) in [4.78, 5) is 26.6. The summed E-state index contributed by atoms with van der Waals surface area (Å²) in [6.45, 7) is 5.20. The number of benzene rings is 1. The van der Waals surface area contributed by atoms with Gasteiger partial charge in [-0.25, -0.2) is 0 Å². The van der Waals surface area contributed by atoms with Gasteiger partial charge in [-0.2, -0.15) is 0 Å². The van der Waals surface area contributed by atoms with Crippen molar-refractivity contribution in [1.29, 1.82) is 0 Å². The van der Waals surface area contributed by atoms with E-state index in [4.69, 9.17) is 11.6 Å². The number of amides is 1. The van der Waals surface area contributed by atoms with Crippen molar-refractivity contribution in [3.05, 3.63) is 35.0 Å². The molecule has 2 aromatic rings. The Labute approximate surface area is 134 Å². The Kier molecular flexibility index (Phi) is 3.96. The number of hydrogen-bond acceptors (Lipinski definition) is 2. The Morgan fingerprint density at radius 2 is 2.09 bits per heavy atom. The molecule has 1 aromatic carbocycles. The van der Waals surface area contributed by atoms with Crippen LogP contribution in [0.4, 0.5) is 0 Å². The number of hydrogen-bond donors (Lipinski definition) is 0. The number of aromatic nitrogens is 1. The van der Waals surface area contributed by atoms with Crippen LogP contribution in [0.15, 0.2) is 24.4 Å². The quantitative estimate of drug-likeness (QED) is 0.802. The first-order valence-electron chi connectivity index (χ1n) is 7.58. The molecule has 1 aliphatic rings. The van der Waals surface area contributed by atoms with Crippen LogP contribution < -0.4 is 0 Å². The minimum absolute atomic E-state index is 0.0150. The second kappa shape index (κ2) is 5.76. The molecule has 1 atom stereocenters. The number of nitrogens with zero attached hydrogens (tertiary/aromatic N) is 2. The SMILES string of the molecule is CC(=O)n1cc(C(=O)N2CCCC(C)C2)c2cc(Cl)ccc21. The van der Waals surface area contributed by atoms with Gasteiger partial charge in [0.15, 0.2) is 0 Å². The van der Waals surface area contributed by atoms with Gasteiger partial charge in [-0.15, -0.1) is 0 Å². The molecule has 5 heteroatoms. The van der Waals surface area contributed by atoms with E-state index in [0.717, 1.165) is 36.8 Å². The molecule has 0 aliphatic carbocycles. The van der Waals surface area contributed by atoms with E-state index in [1.165, 1.54) is 11.5 Å². The summed E-state index contributed by atoms with van der Waals surface area (Å²) in [7, 11) is 0. The lowest BCUT2D eigenvalue weighted by atomic mass is 9.99. The number of halogens is 1. The summed E-state index contributed by atoms with van der Waals surface area (Å²) in [5, 5.41) is 1.31. The van der Waals surface area contributed by atoms with Gasteiger partial charge in [-0.3, -0.25) is 14.2 Å². The third kappa shape index (κ3) is 2.63. The molecule has 4 nitrogen and oxygen atoms in total. The monoisotopic (exact) mass is 318 g/mol. The molecule has 0 saturated carbocycles. The van der Waals surface area contributed by atoms with E-state index in [2.05, 4.69) is 6.92 Å². The summed E-state index contributed by atoms with van der Waals surface area (Å²) in [6, 6.07) is 5.28. The predicted molar refractivity (Wildman–Crippen MR) is 87.6 cm³/mol. The molecule has 1 fully saturated rings. The van der Waals surface area contributed by atoms with Gasteiger partial charge in [0.2, 0.25) is 5.91 Å². The minimum atomic E-state index is -0.113. The summed E-state index contributed by atoms with van der Waals surface area (Å²) in [5.41, 5.74) is 1.28. The van der Waals surface area contributed by atoms with Gasteiger partial charge in [0, 0.05) is 36.6 Å². The Hall–Kier alpha value is -1.81. The van der Waals surface area contributed by atoms with Crippen LogP contribution in [0.25, 0.3) is 10.9 Å². The van der Waals surface area contributed by atoms with Gasteiger partial charge in [-0.1, -0.05) is 18.5 Å². The van der Waals surface area contributed by atoms with Crippen LogP contribution in [0.3, 0.4) is 0 Å². The number of piperidine rings is 1. The average Bonchev–Trinajstić information content (AvgIpc) is 2.85. The van der Waals surface area contributed by atoms with Crippen LogP contribution in [-0.2, 0) is 0 Å². The fourth-order valence-corrected chi connectivity index (χ4v) is 3.35. The molecule has 1 amide bonds. The van der Waals surface area contributed by atoms with Gasteiger partial charge in [-0.05, 0) is 37.0 Å². The first-order chi connectivity index (χ1) is 10.5. The van der Waals surface area contributed by atoms with Crippen LogP contribution in [0, 0.1) is 5.92 Å². The zero-order chi connectivity index (χ0) is 15.9. The molecule has 1 unspecified atom stereocenters. The molecular weight excluding hydrogens is 300 g/mol. The molecule has 116 valence electrons. The van der Waals surface area contributed by atoms with E-state index >= 15 is 0 Å². The first kappa shape index (κ1) is 15.1. The molecule has 0 N–H and O–H groups in total. The lowest BCUT2D eigenvalue weighted by molar-refractivity contribution is 0.0685. The molecule has 22 heavy (non-hydrogen) atoms. The molecule has 1 saturated heterocycles. The van der Waals surface area contributed by atoms with E-state index in [-0.39, 0.29) is 11.8 Å². The van der Waals surface area contributed by atoms with E-state index in [1.54, 1.807) is 24.4 Å². The maximum atomic E-state index is 12.9. The fourth-order valence-electron chi connectivity index (χ4n) is 3.18. The van der Waals surface area contributed by atoms with E-state index in [1.807, 2.05) is 4.90 Å². The number of rotatable bonds is 1. The third-order valence-corrected chi connectivity index (χ3v) is 4.52. The van der Waals surface area contributed by atoms with Crippen molar-refractivity contribution in [2.75, 3.05) is 13.1 Å². The molecule has 2 heterocycles. The highest BCUT2D eigenvalue weighted by atomic mass is 35.5. The summed E-state index contributed by atoms with van der Waals surface area (Å²) in [5.74, 6) is 0.389. The predicted octanol–water partition coefficient (Wildman–Crippen LogP) is 3.83. The lowest BCUT2D eigenvalue weighted by Crippen LogP contribution is -2.39. The molecule has 3 rings (SSSR count). The number of likely N-dealkylation sites (tertiary alicyclic amines) is 1. The van der Waals surface area contributed by atoms with Crippen molar-refractivity contribution >= 4 is 34.3 Å². The highest BCUT2D eigenvalue weighted by molar-refractivity contribution is 6.31. The smallest absolute Gasteiger partial charge is 0.256 e. The van der Waals surface area contributed by atoms with Crippen molar-refractivity contribution in [3.8, 4) is 0 Å². The van der Waals surface area contributed by atoms with Gasteiger partial charge in [0.25, 0.3) is 5.91 Å². The lowest BCUT2D eigenvalue weighted by Gasteiger charge is -2.30. The standard InChI is InChI=1S/C17H19ClN2O2/c1-11-4-3-7-19(9-11)17(22)15-10-20(12(2)21)16-6-5-13(18)8-14(15)16/h5-6,8,10-11H,3-4,7,9H2,1-2H3. The maximum Gasteiger partial charge on any atom is 0.256 e. The molecule has 0 spiro atoms. The molecule has 1 aliphatic heterocycles. The van der Waals surface area contributed by atoms with E-state index < -0.39 is 0 Å². The van der Waals surface area contributed by atoms with Crippen molar-refractivity contribution in [3.63, 3.8) is 0 Å². The van der Waals surface area contributed by atoms with E-state index in [9.17, 15) is 9.59 Å². The topological polar surface area (TPSA) is 42.3 Å². The van der Waals surface area contributed by atoms with E-state index in [0.29, 0.717) is 16.5 Å². The number of fused-ring (bicyclic) bond motifs is 1. The molecule has 0 bridgehead atoms. The average molecular weight is 319 g/mol. The van der Waals surface area contributed by atoms with Crippen LogP contribution in [-0.4, -0.2) is 34.4 Å². The Bertz CT molecular complexity index is 750. The van der Waals surface area contributed by atoms with Crippen LogP contribution in [0.2, 0.25) is 5.02 Å². The second-order valence-electron chi connectivity index (χ2n) is 6.09.